The van der Waals surface area contributed by atoms with E-state index in [-0.39, 0.29) is 30.3 Å². The van der Waals surface area contributed by atoms with Gasteiger partial charge in [0.15, 0.2) is 5.82 Å². The van der Waals surface area contributed by atoms with E-state index in [1.54, 1.807) is 24.0 Å². The van der Waals surface area contributed by atoms with Crippen LogP contribution in [0.3, 0.4) is 0 Å². The van der Waals surface area contributed by atoms with Gasteiger partial charge < -0.3 is 15.2 Å². The van der Waals surface area contributed by atoms with E-state index >= 15 is 0 Å². The van der Waals surface area contributed by atoms with Crippen molar-refractivity contribution >= 4 is 40.1 Å². The van der Waals surface area contributed by atoms with Crippen LogP contribution in [-0.4, -0.2) is 51.5 Å². The molecule has 3 heterocycles. The van der Waals surface area contributed by atoms with Crippen LogP contribution in [0.1, 0.15) is 33.6 Å². The van der Waals surface area contributed by atoms with E-state index < -0.39 is 6.17 Å². The summed E-state index contributed by atoms with van der Waals surface area (Å²) >= 11 is 1.69. The Morgan fingerprint density at radius 2 is 2.03 bits per heavy atom. The van der Waals surface area contributed by atoms with Gasteiger partial charge in [-0.1, -0.05) is 13.8 Å². The smallest absolute Gasteiger partial charge is 0.261 e. The summed E-state index contributed by atoms with van der Waals surface area (Å²) in [5.41, 5.74) is 1.45. The number of nitrogens with one attached hydrogen (secondary N) is 3. The van der Waals surface area contributed by atoms with Crippen molar-refractivity contribution in [3.05, 3.63) is 46.9 Å². The standard InChI is InChI=1S/C13H12N4OS.C9H13FN2O.C2H6/c1-19-9-4-2-8(3-5-9)15-12-11-10(16-17-12)6-7-14-13(11)18;1-7(13)12-5-3-8(2-4-11)9(10)6-12;1-2/h2-7H,1H3,(H,14,18)(H2,15,16,17);8-9H,2-3,5-6H2,1H3;1-2H3. The first kappa shape index (κ1) is 26.9. The van der Waals surface area contributed by atoms with Crippen LogP contribution in [0.2, 0.25) is 0 Å². The Labute approximate surface area is 202 Å². The van der Waals surface area contributed by atoms with Gasteiger partial charge >= 0.3 is 0 Å². The Hall–Kier alpha value is -3.32. The van der Waals surface area contributed by atoms with Crippen molar-refractivity contribution in [1.29, 1.82) is 5.26 Å². The first-order valence-electron chi connectivity index (χ1n) is 11.2. The largest absolute Gasteiger partial charge is 0.340 e. The zero-order valence-electron chi connectivity index (χ0n) is 19.9. The zero-order chi connectivity index (χ0) is 25.1. The van der Waals surface area contributed by atoms with Crippen LogP contribution in [0.4, 0.5) is 15.9 Å². The number of anilines is 2. The first-order chi connectivity index (χ1) is 16.4. The molecule has 0 radical (unpaired) electrons. The SMILES string of the molecule is CC.CC(=O)N1CCC(CC#N)C(F)C1.CSc1ccc(Nc2n[nH]c3cc[nH]c(=O)c23)cc1. The number of aromatic nitrogens is 3. The number of hydrogen-bond acceptors (Lipinski definition) is 6. The van der Waals surface area contributed by atoms with Crippen LogP contribution < -0.4 is 10.9 Å². The number of halogens is 1. The molecule has 3 aromatic rings. The van der Waals surface area contributed by atoms with Crippen molar-refractivity contribution < 1.29 is 9.18 Å². The van der Waals surface area contributed by atoms with E-state index in [4.69, 9.17) is 5.26 Å². The number of fused-ring (bicyclic) bond motifs is 1. The molecule has 2 aromatic heterocycles. The molecule has 34 heavy (non-hydrogen) atoms. The number of aromatic amines is 2. The van der Waals surface area contributed by atoms with Gasteiger partial charge in [0.1, 0.15) is 11.6 Å². The number of alkyl halides is 1. The van der Waals surface area contributed by atoms with E-state index in [1.165, 1.54) is 16.7 Å². The molecule has 8 nitrogen and oxygen atoms in total. The molecule has 0 aliphatic carbocycles. The molecule has 2 atom stereocenters. The van der Waals surface area contributed by atoms with Gasteiger partial charge in [-0.15, -0.1) is 11.8 Å². The lowest BCUT2D eigenvalue weighted by molar-refractivity contribution is -0.131. The molecule has 182 valence electrons. The second kappa shape index (κ2) is 13.4. The van der Waals surface area contributed by atoms with Gasteiger partial charge in [0.05, 0.1) is 18.1 Å². The summed E-state index contributed by atoms with van der Waals surface area (Å²) in [6, 6.07) is 11.7. The maximum atomic E-state index is 13.3. The van der Waals surface area contributed by atoms with Crippen molar-refractivity contribution in [2.75, 3.05) is 24.7 Å². The highest BCUT2D eigenvalue weighted by atomic mass is 32.2. The summed E-state index contributed by atoms with van der Waals surface area (Å²) in [6.07, 6.45) is 3.46. The number of hydrogen-bond donors (Lipinski definition) is 3. The molecule has 0 bridgehead atoms. The number of rotatable bonds is 4. The van der Waals surface area contributed by atoms with Crippen molar-refractivity contribution in [1.82, 2.24) is 20.1 Å². The molecule has 10 heteroatoms. The molecule has 1 amide bonds. The number of H-pyrrole nitrogens is 2. The Morgan fingerprint density at radius 3 is 2.62 bits per heavy atom. The summed E-state index contributed by atoms with van der Waals surface area (Å²) in [6.45, 7) is 6.18. The van der Waals surface area contributed by atoms with Gasteiger partial charge in [-0.25, -0.2) is 4.39 Å². The molecule has 2 unspecified atom stereocenters. The van der Waals surface area contributed by atoms with Crippen LogP contribution in [0, 0.1) is 17.2 Å². The first-order valence-corrected chi connectivity index (χ1v) is 12.4. The van der Waals surface area contributed by atoms with Gasteiger partial charge in [-0.2, -0.15) is 10.4 Å². The predicted molar refractivity (Wildman–Crippen MR) is 135 cm³/mol. The molecule has 1 saturated heterocycles. The molecular formula is C24H31FN6O2S. The van der Waals surface area contributed by atoms with Gasteiger partial charge in [0.25, 0.3) is 5.56 Å². The third-order valence-electron chi connectivity index (χ3n) is 5.31. The summed E-state index contributed by atoms with van der Waals surface area (Å²) in [5, 5.41) is 19.1. The number of carbonyl (C=O) groups excluding carboxylic acids is 1. The average molecular weight is 487 g/mol. The molecular weight excluding hydrogens is 455 g/mol. The summed E-state index contributed by atoms with van der Waals surface area (Å²) < 4.78 is 13.3. The van der Waals surface area contributed by atoms with Crippen molar-refractivity contribution in [3.63, 3.8) is 0 Å². The minimum absolute atomic E-state index is 0.0851. The molecule has 1 aromatic carbocycles. The third kappa shape index (κ3) is 7.09. The van der Waals surface area contributed by atoms with E-state index in [1.807, 2.05) is 50.4 Å². The molecule has 4 rings (SSSR count). The minimum atomic E-state index is -1.03. The molecule has 1 aliphatic rings. The van der Waals surface area contributed by atoms with Gasteiger partial charge in [-0.3, -0.25) is 14.7 Å². The van der Waals surface area contributed by atoms with Crippen molar-refractivity contribution in [3.8, 4) is 6.07 Å². The van der Waals surface area contributed by atoms with E-state index in [0.29, 0.717) is 29.7 Å². The fourth-order valence-corrected chi connectivity index (χ4v) is 3.88. The highest BCUT2D eigenvalue weighted by molar-refractivity contribution is 7.98. The highest BCUT2D eigenvalue weighted by Gasteiger charge is 2.29. The number of benzene rings is 1. The lowest BCUT2D eigenvalue weighted by atomic mass is 9.92. The van der Waals surface area contributed by atoms with Gasteiger partial charge in [0, 0.05) is 42.6 Å². The van der Waals surface area contributed by atoms with Crippen molar-refractivity contribution in [2.24, 2.45) is 5.92 Å². The molecule has 1 aliphatic heterocycles. The number of thioether (sulfide) groups is 1. The maximum Gasteiger partial charge on any atom is 0.261 e. The minimum Gasteiger partial charge on any atom is -0.340 e. The van der Waals surface area contributed by atoms with Crippen LogP contribution in [0.15, 0.2) is 46.2 Å². The molecule has 0 spiro atoms. The van der Waals surface area contributed by atoms with Gasteiger partial charge in [0.2, 0.25) is 5.91 Å². The van der Waals surface area contributed by atoms with Crippen molar-refractivity contribution in [2.45, 2.75) is 44.7 Å². The van der Waals surface area contributed by atoms with Crippen LogP contribution in [0.5, 0.6) is 0 Å². The highest BCUT2D eigenvalue weighted by Crippen LogP contribution is 2.24. The van der Waals surface area contributed by atoms with E-state index in [0.717, 1.165) is 5.69 Å². The van der Waals surface area contributed by atoms with Crippen LogP contribution >= 0.6 is 11.8 Å². The van der Waals surface area contributed by atoms with E-state index in [2.05, 4.69) is 20.5 Å². The zero-order valence-corrected chi connectivity index (χ0v) is 20.7. The van der Waals surface area contributed by atoms with E-state index in [9.17, 15) is 14.0 Å². The number of nitriles is 1. The molecule has 0 saturated carbocycles. The Morgan fingerprint density at radius 1 is 1.32 bits per heavy atom. The number of likely N-dealkylation sites (tertiary alicyclic amines) is 1. The molecule has 3 N–H and O–H groups in total. The lowest BCUT2D eigenvalue weighted by Crippen LogP contribution is -2.43. The van der Waals surface area contributed by atoms with Crippen LogP contribution in [0.25, 0.3) is 10.9 Å². The van der Waals surface area contributed by atoms with Crippen LogP contribution in [-0.2, 0) is 4.79 Å². The number of piperidine rings is 1. The van der Waals surface area contributed by atoms with Gasteiger partial charge in [-0.05, 0) is 43.0 Å². The summed E-state index contributed by atoms with van der Waals surface area (Å²) in [5.74, 6) is 0.271. The summed E-state index contributed by atoms with van der Waals surface area (Å²) in [7, 11) is 0. The number of nitrogens with zero attached hydrogens (tertiary/aromatic N) is 3. The fraction of sp³-hybridized carbons (Fsp3) is 0.417. The Balaban J connectivity index is 0.000000239. The second-order valence-corrected chi connectivity index (χ2v) is 8.29. The second-order valence-electron chi connectivity index (χ2n) is 7.41. The third-order valence-corrected chi connectivity index (χ3v) is 6.06. The Bertz CT molecular complexity index is 1150. The normalized spacial score (nSPS) is 17.0. The number of amides is 1. The predicted octanol–water partition coefficient (Wildman–Crippen LogP) is 4.85. The monoisotopic (exact) mass is 486 g/mol. The number of carbonyl (C=O) groups is 1. The lowest BCUT2D eigenvalue weighted by Gasteiger charge is -2.33. The quantitative estimate of drug-likeness (QED) is 0.454. The molecule has 1 fully saturated rings. The number of pyridine rings is 1. The summed E-state index contributed by atoms with van der Waals surface area (Å²) in [4.78, 5) is 28.0. The Kier molecular flexibility index (Phi) is 10.6. The fourth-order valence-electron chi connectivity index (χ4n) is 3.47. The average Bonchev–Trinajstić information content (AvgIpc) is 3.26. The maximum absolute atomic E-state index is 13.3. The topological polar surface area (TPSA) is 118 Å².